The van der Waals surface area contributed by atoms with Crippen LogP contribution in [-0.2, 0) is 4.79 Å². The van der Waals surface area contributed by atoms with Crippen molar-refractivity contribution in [3.63, 3.8) is 0 Å². The first-order valence-corrected chi connectivity index (χ1v) is 5.91. The van der Waals surface area contributed by atoms with Crippen LogP contribution < -0.4 is 11.1 Å². The Balaban J connectivity index is 4.23. The van der Waals surface area contributed by atoms with Crippen molar-refractivity contribution in [2.24, 2.45) is 11.7 Å². The first-order valence-electron chi connectivity index (χ1n) is 5.91. The summed E-state index contributed by atoms with van der Waals surface area (Å²) in [6.45, 7) is 10.3. The van der Waals surface area contributed by atoms with Gasteiger partial charge in [0, 0.05) is 5.54 Å². The van der Waals surface area contributed by atoms with Gasteiger partial charge >= 0.3 is 0 Å². The van der Waals surface area contributed by atoms with Gasteiger partial charge in [0.15, 0.2) is 0 Å². The second kappa shape index (κ2) is 6.11. The fourth-order valence-electron chi connectivity index (χ4n) is 1.62. The second-order valence-electron chi connectivity index (χ2n) is 5.03. The molecule has 1 unspecified atom stereocenters. The van der Waals surface area contributed by atoms with Gasteiger partial charge in [0.2, 0.25) is 5.91 Å². The minimum absolute atomic E-state index is 0.0252. The van der Waals surface area contributed by atoms with E-state index in [0.29, 0.717) is 0 Å². The molecule has 1 amide bonds. The number of nitrogens with two attached hydrogens (primary N) is 1. The van der Waals surface area contributed by atoms with Crippen molar-refractivity contribution in [2.45, 2.75) is 65.5 Å². The van der Waals surface area contributed by atoms with E-state index in [0.717, 1.165) is 19.3 Å². The normalized spacial score (nSPS) is 15.9. The van der Waals surface area contributed by atoms with Crippen LogP contribution in [-0.4, -0.2) is 17.5 Å². The van der Waals surface area contributed by atoms with Crippen LogP contribution in [0.2, 0.25) is 0 Å². The molecule has 0 aliphatic rings. The molecule has 0 heterocycles. The molecule has 0 fully saturated rings. The van der Waals surface area contributed by atoms with Crippen LogP contribution >= 0.6 is 0 Å². The third kappa shape index (κ3) is 5.17. The second-order valence-corrected chi connectivity index (χ2v) is 5.03. The van der Waals surface area contributed by atoms with Crippen LogP contribution in [0.3, 0.4) is 0 Å². The first-order chi connectivity index (χ1) is 6.84. The van der Waals surface area contributed by atoms with Gasteiger partial charge in [0.05, 0.1) is 6.04 Å². The van der Waals surface area contributed by atoms with E-state index >= 15 is 0 Å². The molecule has 0 aromatic rings. The fourth-order valence-corrected chi connectivity index (χ4v) is 1.62. The maximum atomic E-state index is 11.8. The lowest BCUT2D eigenvalue weighted by atomic mass is 9.95. The van der Waals surface area contributed by atoms with Crippen LogP contribution in [0, 0.1) is 5.92 Å². The Morgan fingerprint density at radius 3 is 2.33 bits per heavy atom. The number of nitrogens with one attached hydrogen (secondary N) is 1. The highest BCUT2D eigenvalue weighted by molar-refractivity contribution is 5.82. The van der Waals surface area contributed by atoms with Crippen LogP contribution in [0.15, 0.2) is 0 Å². The molecule has 0 saturated carbocycles. The van der Waals surface area contributed by atoms with Crippen molar-refractivity contribution in [3.05, 3.63) is 0 Å². The average Bonchev–Trinajstić information content (AvgIpc) is 2.14. The lowest BCUT2D eigenvalue weighted by molar-refractivity contribution is -0.125. The monoisotopic (exact) mass is 214 g/mol. The highest BCUT2D eigenvalue weighted by atomic mass is 16.2. The number of amides is 1. The Labute approximate surface area is 93.8 Å². The molecule has 3 N–H and O–H groups in total. The number of hydrogen-bond donors (Lipinski definition) is 2. The van der Waals surface area contributed by atoms with Crippen LogP contribution in [0.1, 0.15) is 53.9 Å². The zero-order valence-corrected chi connectivity index (χ0v) is 10.8. The molecule has 0 aromatic heterocycles. The quantitative estimate of drug-likeness (QED) is 0.711. The van der Waals surface area contributed by atoms with Crippen LogP contribution in [0.5, 0.6) is 0 Å². The Morgan fingerprint density at radius 2 is 1.93 bits per heavy atom. The highest BCUT2D eigenvalue weighted by Crippen LogP contribution is 2.12. The van der Waals surface area contributed by atoms with Crippen molar-refractivity contribution < 1.29 is 4.79 Å². The fraction of sp³-hybridized carbons (Fsp3) is 0.917. The van der Waals surface area contributed by atoms with Gasteiger partial charge in [-0.2, -0.15) is 0 Å². The standard InChI is InChI=1S/C12H26N2O/c1-6-8-12(4,5)14-11(15)10(13)9(3)7-2/h9-10H,6-8,13H2,1-5H3,(H,14,15)/t9?,10-/m0/s1. The smallest absolute Gasteiger partial charge is 0.237 e. The Kier molecular flexibility index (Phi) is 5.88. The maximum absolute atomic E-state index is 11.8. The molecule has 90 valence electrons. The third-order valence-electron chi connectivity index (χ3n) is 2.90. The SMILES string of the molecule is CCCC(C)(C)NC(=O)[C@@H](N)C(C)CC. The van der Waals surface area contributed by atoms with Crippen molar-refractivity contribution in [1.29, 1.82) is 0 Å². The predicted octanol–water partition coefficient (Wildman–Crippen LogP) is 2.05. The summed E-state index contributed by atoms with van der Waals surface area (Å²) in [4.78, 5) is 11.8. The van der Waals surface area contributed by atoms with E-state index in [-0.39, 0.29) is 23.4 Å². The van der Waals surface area contributed by atoms with Gasteiger partial charge in [-0.25, -0.2) is 0 Å². The van der Waals surface area contributed by atoms with E-state index in [1.54, 1.807) is 0 Å². The molecule has 3 heteroatoms. The van der Waals surface area contributed by atoms with Gasteiger partial charge in [0.1, 0.15) is 0 Å². The number of carbonyl (C=O) groups is 1. The minimum Gasteiger partial charge on any atom is -0.350 e. The van der Waals surface area contributed by atoms with E-state index in [1.165, 1.54) is 0 Å². The van der Waals surface area contributed by atoms with Gasteiger partial charge in [0.25, 0.3) is 0 Å². The molecule has 0 saturated heterocycles. The lowest BCUT2D eigenvalue weighted by Gasteiger charge is -2.29. The molecule has 15 heavy (non-hydrogen) atoms. The van der Waals surface area contributed by atoms with E-state index in [2.05, 4.69) is 19.2 Å². The van der Waals surface area contributed by atoms with E-state index in [1.807, 2.05) is 20.8 Å². The number of carbonyl (C=O) groups excluding carboxylic acids is 1. The zero-order chi connectivity index (χ0) is 12.1. The molecule has 0 aliphatic heterocycles. The Morgan fingerprint density at radius 1 is 1.40 bits per heavy atom. The van der Waals surface area contributed by atoms with Gasteiger partial charge in [-0.3, -0.25) is 4.79 Å². The van der Waals surface area contributed by atoms with Crippen LogP contribution in [0.4, 0.5) is 0 Å². The molecule has 2 atom stereocenters. The largest absolute Gasteiger partial charge is 0.350 e. The molecular weight excluding hydrogens is 188 g/mol. The Bertz CT molecular complexity index is 202. The molecule has 0 spiro atoms. The third-order valence-corrected chi connectivity index (χ3v) is 2.90. The van der Waals surface area contributed by atoms with Crippen molar-refractivity contribution in [2.75, 3.05) is 0 Å². The molecular formula is C12H26N2O. The summed E-state index contributed by atoms with van der Waals surface area (Å²) in [7, 11) is 0. The summed E-state index contributed by atoms with van der Waals surface area (Å²) in [5.41, 5.74) is 5.72. The van der Waals surface area contributed by atoms with Gasteiger partial charge in [-0.1, -0.05) is 33.6 Å². The summed E-state index contributed by atoms with van der Waals surface area (Å²) in [5, 5.41) is 3.01. The number of hydrogen-bond acceptors (Lipinski definition) is 2. The summed E-state index contributed by atoms with van der Waals surface area (Å²) in [6, 6.07) is -0.383. The minimum atomic E-state index is -0.383. The Hall–Kier alpha value is -0.570. The summed E-state index contributed by atoms with van der Waals surface area (Å²) < 4.78 is 0. The van der Waals surface area contributed by atoms with E-state index in [4.69, 9.17) is 5.73 Å². The molecule has 0 bridgehead atoms. The first kappa shape index (κ1) is 14.4. The zero-order valence-electron chi connectivity index (χ0n) is 10.8. The maximum Gasteiger partial charge on any atom is 0.237 e. The average molecular weight is 214 g/mol. The molecule has 0 aromatic carbocycles. The van der Waals surface area contributed by atoms with Gasteiger partial charge in [-0.15, -0.1) is 0 Å². The van der Waals surface area contributed by atoms with Crippen molar-refractivity contribution >= 4 is 5.91 Å². The van der Waals surface area contributed by atoms with E-state index < -0.39 is 0 Å². The topological polar surface area (TPSA) is 55.1 Å². The van der Waals surface area contributed by atoms with Gasteiger partial charge in [-0.05, 0) is 26.2 Å². The van der Waals surface area contributed by atoms with Crippen molar-refractivity contribution in [1.82, 2.24) is 5.32 Å². The van der Waals surface area contributed by atoms with Gasteiger partial charge < -0.3 is 11.1 Å². The summed E-state index contributed by atoms with van der Waals surface area (Å²) in [5.74, 6) is 0.213. The number of rotatable bonds is 6. The predicted molar refractivity (Wildman–Crippen MR) is 64.6 cm³/mol. The van der Waals surface area contributed by atoms with Crippen molar-refractivity contribution in [3.8, 4) is 0 Å². The van der Waals surface area contributed by atoms with Crippen LogP contribution in [0.25, 0.3) is 0 Å². The lowest BCUT2D eigenvalue weighted by Crippen LogP contribution is -2.52. The summed E-state index contributed by atoms with van der Waals surface area (Å²) in [6.07, 6.45) is 2.97. The van der Waals surface area contributed by atoms with E-state index in [9.17, 15) is 4.79 Å². The molecule has 3 nitrogen and oxygen atoms in total. The highest BCUT2D eigenvalue weighted by Gasteiger charge is 2.25. The summed E-state index contributed by atoms with van der Waals surface area (Å²) >= 11 is 0. The molecule has 0 rings (SSSR count). The molecule has 0 radical (unpaired) electrons. The molecule has 0 aliphatic carbocycles.